The quantitative estimate of drug-likeness (QED) is 0.805. The minimum Gasteiger partial charge on any atom is -0.390 e. The molecule has 3 rings (SSSR count). The normalized spacial score (nSPS) is 11.0. The number of aromatic nitrogens is 3. The van der Waals surface area contributed by atoms with Gasteiger partial charge in [0.1, 0.15) is 11.5 Å². The first-order chi connectivity index (χ1) is 11.1. The van der Waals surface area contributed by atoms with Gasteiger partial charge in [0.15, 0.2) is 0 Å². The summed E-state index contributed by atoms with van der Waals surface area (Å²) in [6, 6.07) is 12.6. The highest BCUT2D eigenvalue weighted by atomic mass is 19.1. The van der Waals surface area contributed by atoms with Crippen LogP contribution in [0.5, 0.6) is 0 Å². The van der Waals surface area contributed by atoms with Crippen LogP contribution in [0, 0.1) is 19.7 Å². The van der Waals surface area contributed by atoms with Crippen molar-refractivity contribution in [2.45, 2.75) is 27.0 Å². The fourth-order valence-electron chi connectivity index (χ4n) is 2.56. The topological polar surface area (TPSA) is 50.9 Å². The lowest BCUT2D eigenvalue weighted by atomic mass is 10.0. The maximum atomic E-state index is 13.9. The predicted molar refractivity (Wildman–Crippen MR) is 86.4 cm³/mol. The van der Waals surface area contributed by atoms with Crippen molar-refractivity contribution >= 4 is 0 Å². The first-order valence-corrected chi connectivity index (χ1v) is 7.44. The molecule has 118 valence electrons. The van der Waals surface area contributed by atoms with Gasteiger partial charge in [-0.15, -0.1) is 5.10 Å². The Hall–Kier alpha value is -2.53. The smallest absolute Gasteiger partial charge is 0.128 e. The number of rotatable bonds is 4. The van der Waals surface area contributed by atoms with Crippen LogP contribution < -0.4 is 0 Å². The van der Waals surface area contributed by atoms with Crippen LogP contribution in [0.2, 0.25) is 0 Å². The standard InChI is InChI=1S/C18H18FN3O/c1-12-7-8-14(9-13(12)2)18-17(11-23)20-21-22(18)10-15-5-3-4-6-16(15)19/h3-9,23H,10-11H2,1-2H3. The van der Waals surface area contributed by atoms with Gasteiger partial charge in [0.05, 0.1) is 18.8 Å². The van der Waals surface area contributed by atoms with Gasteiger partial charge in [-0.05, 0) is 37.1 Å². The molecule has 0 saturated carbocycles. The number of aryl methyl sites for hydroxylation is 2. The summed E-state index contributed by atoms with van der Waals surface area (Å²) in [4.78, 5) is 0. The van der Waals surface area contributed by atoms with E-state index in [1.165, 1.54) is 11.6 Å². The third kappa shape index (κ3) is 3.00. The molecule has 0 spiro atoms. The maximum Gasteiger partial charge on any atom is 0.128 e. The van der Waals surface area contributed by atoms with Crippen LogP contribution in [0.25, 0.3) is 11.3 Å². The molecule has 23 heavy (non-hydrogen) atoms. The number of hydrogen-bond acceptors (Lipinski definition) is 3. The summed E-state index contributed by atoms with van der Waals surface area (Å²) in [7, 11) is 0. The van der Waals surface area contributed by atoms with E-state index in [0.29, 0.717) is 11.3 Å². The van der Waals surface area contributed by atoms with Crippen molar-refractivity contribution in [1.29, 1.82) is 0 Å². The van der Waals surface area contributed by atoms with Crippen LogP contribution >= 0.6 is 0 Å². The van der Waals surface area contributed by atoms with Crippen LogP contribution in [0.15, 0.2) is 42.5 Å². The molecule has 0 radical (unpaired) electrons. The number of hydrogen-bond donors (Lipinski definition) is 1. The van der Waals surface area contributed by atoms with Gasteiger partial charge >= 0.3 is 0 Å². The van der Waals surface area contributed by atoms with E-state index in [9.17, 15) is 9.50 Å². The van der Waals surface area contributed by atoms with E-state index in [-0.39, 0.29) is 19.0 Å². The van der Waals surface area contributed by atoms with E-state index in [4.69, 9.17) is 0 Å². The van der Waals surface area contributed by atoms with Crippen molar-refractivity contribution < 1.29 is 9.50 Å². The molecule has 1 N–H and O–H groups in total. The van der Waals surface area contributed by atoms with Crippen LogP contribution in [0.3, 0.4) is 0 Å². The van der Waals surface area contributed by atoms with Gasteiger partial charge < -0.3 is 5.11 Å². The summed E-state index contributed by atoms with van der Waals surface area (Å²) in [6.07, 6.45) is 0. The zero-order valence-electron chi connectivity index (χ0n) is 13.1. The van der Waals surface area contributed by atoms with E-state index < -0.39 is 0 Å². The number of aliphatic hydroxyl groups is 1. The molecule has 3 aromatic rings. The zero-order valence-corrected chi connectivity index (χ0v) is 13.1. The first kappa shape index (κ1) is 15.4. The number of aliphatic hydroxyl groups excluding tert-OH is 1. The van der Waals surface area contributed by atoms with Gasteiger partial charge in [0.2, 0.25) is 0 Å². The molecule has 0 atom stereocenters. The second-order valence-corrected chi connectivity index (χ2v) is 5.59. The molecule has 0 amide bonds. The molecule has 0 bridgehead atoms. The SMILES string of the molecule is Cc1ccc(-c2c(CO)nnn2Cc2ccccc2F)cc1C. The van der Waals surface area contributed by atoms with E-state index in [2.05, 4.69) is 10.3 Å². The number of benzene rings is 2. The van der Waals surface area contributed by atoms with E-state index in [1.807, 2.05) is 32.0 Å². The Balaban J connectivity index is 2.07. The molecule has 1 heterocycles. The second kappa shape index (κ2) is 6.30. The molecule has 1 aromatic heterocycles. The number of halogens is 1. The molecular weight excluding hydrogens is 293 g/mol. The highest BCUT2D eigenvalue weighted by Gasteiger charge is 2.16. The Labute approximate surface area is 134 Å². The minimum absolute atomic E-state index is 0.209. The molecule has 0 saturated heterocycles. The van der Waals surface area contributed by atoms with Crippen molar-refractivity contribution in [3.8, 4) is 11.3 Å². The van der Waals surface area contributed by atoms with Crippen LogP contribution in [0.1, 0.15) is 22.4 Å². The van der Waals surface area contributed by atoms with Crippen LogP contribution in [0.4, 0.5) is 4.39 Å². The Morgan fingerprint density at radius 3 is 2.57 bits per heavy atom. The lowest BCUT2D eigenvalue weighted by molar-refractivity contribution is 0.277. The fraction of sp³-hybridized carbons (Fsp3) is 0.222. The van der Waals surface area contributed by atoms with E-state index in [1.54, 1.807) is 22.9 Å². The second-order valence-electron chi connectivity index (χ2n) is 5.59. The van der Waals surface area contributed by atoms with Crippen molar-refractivity contribution in [3.05, 3.63) is 70.7 Å². The minimum atomic E-state index is -0.278. The Morgan fingerprint density at radius 1 is 1.09 bits per heavy atom. The van der Waals surface area contributed by atoms with E-state index >= 15 is 0 Å². The highest BCUT2D eigenvalue weighted by Crippen LogP contribution is 2.25. The molecule has 0 unspecified atom stereocenters. The van der Waals surface area contributed by atoms with Gasteiger partial charge in [-0.1, -0.05) is 35.5 Å². The molecule has 0 aliphatic carbocycles. The third-order valence-corrected chi connectivity index (χ3v) is 4.01. The average molecular weight is 311 g/mol. The Bertz CT molecular complexity index is 842. The van der Waals surface area contributed by atoms with Crippen LogP contribution in [-0.4, -0.2) is 20.1 Å². The van der Waals surface area contributed by atoms with Crippen LogP contribution in [-0.2, 0) is 13.2 Å². The molecular formula is C18H18FN3O. The average Bonchev–Trinajstić information content (AvgIpc) is 2.95. The summed E-state index contributed by atoms with van der Waals surface area (Å²) in [6.45, 7) is 4.13. The first-order valence-electron chi connectivity index (χ1n) is 7.44. The summed E-state index contributed by atoms with van der Waals surface area (Å²) < 4.78 is 15.5. The largest absolute Gasteiger partial charge is 0.390 e. The van der Waals surface area contributed by atoms with Gasteiger partial charge in [-0.25, -0.2) is 9.07 Å². The van der Waals surface area contributed by atoms with Crippen molar-refractivity contribution in [2.75, 3.05) is 0 Å². The lowest BCUT2D eigenvalue weighted by Crippen LogP contribution is -2.06. The summed E-state index contributed by atoms with van der Waals surface area (Å²) >= 11 is 0. The van der Waals surface area contributed by atoms with Crippen molar-refractivity contribution in [1.82, 2.24) is 15.0 Å². The lowest BCUT2D eigenvalue weighted by Gasteiger charge is -2.10. The van der Waals surface area contributed by atoms with E-state index in [0.717, 1.165) is 16.8 Å². The molecule has 0 aliphatic rings. The highest BCUT2D eigenvalue weighted by molar-refractivity contribution is 5.63. The summed E-state index contributed by atoms with van der Waals surface area (Å²) in [5.41, 5.74) is 4.99. The van der Waals surface area contributed by atoms with Crippen molar-refractivity contribution in [3.63, 3.8) is 0 Å². The van der Waals surface area contributed by atoms with Gasteiger partial charge in [-0.3, -0.25) is 0 Å². The maximum absolute atomic E-state index is 13.9. The summed E-state index contributed by atoms with van der Waals surface area (Å²) in [5.74, 6) is -0.278. The molecule has 2 aromatic carbocycles. The van der Waals surface area contributed by atoms with Gasteiger partial charge in [0, 0.05) is 11.1 Å². The molecule has 4 nitrogen and oxygen atoms in total. The molecule has 0 fully saturated rings. The molecule has 0 aliphatic heterocycles. The van der Waals surface area contributed by atoms with Gasteiger partial charge in [-0.2, -0.15) is 0 Å². The third-order valence-electron chi connectivity index (χ3n) is 4.01. The fourth-order valence-corrected chi connectivity index (χ4v) is 2.56. The molecule has 5 heteroatoms. The monoisotopic (exact) mass is 311 g/mol. The Kier molecular flexibility index (Phi) is 4.21. The van der Waals surface area contributed by atoms with Gasteiger partial charge in [0.25, 0.3) is 0 Å². The zero-order chi connectivity index (χ0) is 16.4. The van der Waals surface area contributed by atoms with Crippen molar-refractivity contribution in [2.24, 2.45) is 0 Å². The summed E-state index contributed by atoms with van der Waals surface area (Å²) in [5, 5.41) is 17.7. The predicted octanol–water partition coefficient (Wildman–Crippen LogP) is 3.24. The Morgan fingerprint density at radius 2 is 1.87 bits per heavy atom. The number of nitrogens with zero attached hydrogens (tertiary/aromatic N) is 3.